The number of benzene rings is 2. The molecule has 0 spiro atoms. The summed E-state index contributed by atoms with van der Waals surface area (Å²) < 4.78 is 12.5. The fourth-order valence-electron chi connectivity index (χ4n) is 3.05. The van der Waals surface area contributed by atoms with Gasteiger partial charge in [-0.25, -0.2) is 9.67 Å². The predicted molar refractivity (Wildman–Crippen MR) is 104 cm³/mol. The molecule has 0 aliphatic carbocycles. The zero-order chi connectivity index (χ0) is 18.8. The van der Waals surface area contributed by atoms with Crippen molar-refractivity contribution in [3.05, 3.63) is 60.8 Å². The maximum absolute atomic E-state index is 5.44. The fraction of sp³-hybridized carbons (Fsp3) is 0.150. The number of nitrogens with one attached hydrogen (secondary N) is 1. The molecule has 1 N–H and O–H groups in total. The Hall–Kier alpha value is -3.61. The Morgan fingerprint density at radius 1 is 1.00 bits per heavy atom. The normalized spacial score (nSPS) is 10.8. The van der Waals surface area contributed by atoms with E-state index in [9.17, 15) is 0 Å². The van der Waals surface area contributed by atoms with Crippen molar-refractivity contribution in [2.24, 2.45) is 0 Å². The topological polar surface area (TPSA) is 74.1 Å². The second-order valence-electron chi connectivity index (χ2n) is 6.11. The van der Waals surface area contributed by atoms with E-state index in [0.29, 0.717) is 11.5 Å². The third-order valence-corrected chi connectivity index (χ3v) is 4.27. The van der Waals surface area contributed by atoms with Crippen molar-refractivity contribution in [3.8, 4) is 17.2 Å². The minimum absolute atomic E-state index is 0.652. The van der Waals surface area contributed by atoms with Crippen LogP contribution in [0.3, 0.4) is 0 Å². The van der Waals surface area contributed by atoms with Crippen LogP contribution in [0.2, 0.25) is 0 Å². The van der Waals surface area contributed by atoms with E-state index in [1.54, 1.807) is 31.4 Å². The second-order valence-corrected chi connectivity index (χ2v) is 6.11. The Balaban J connectivity index is 1.78. The molecule has 27 heavy (non-hydrogen) atoms. The van der Waals surface area contributed by atoms with Gasteiger partial charge < -0.3 is 14.8 Å². The number of aryl methyl sites for hydroxylation is 1. The first kappa shape index (κ1) is 16.8. The van der Waals surface area contributed by atoms with Crippen molar-refractivity contribution in [2.45, 2.75) is 6.92 Å². The van der Waals surface area contributed by atoms with Crippen molar-refractivity contribution < 1.29 is 9.47 Å². The lowest BCUT2D eigenvalue weighted by Gasteiger charge is -2.14. The molecular formula is C20H19N5O2. The fourth-order valence-corrected chi connectivity index (χ4v) is 3.05. The number of rotatable bonds is 5. The molecule has 0 fully saturated rings. The average molecular weight is 361 g/mol. The highest BCUT2D eigenvalue weighted by Gasteiger charge is 2.11. The highest BCUT2D eigenvalue weighted by Crippen LogP contribution is 2.35. The number of aromatic nitrogens is 4. The summed E-state index contributed by atoms with van der Waals surface area (Å²) in [5.74, 6) is 1.31. The molecule has 4 rings (SSSR count). The lowest BCUT2D eigenvalue weighted by atomic mass is 10.1. The molecule has 7 nitrogen and oxygen atoms in total. The van der Waals surface area contributed by atoms with Gasteiger partial charge in [0.05, 0.1) is 25.4 Å². The van der Waals surface area contributed by atoms with Crippen LogP contribution in [0, 0.1) is 6.92 Å². The molecule has 2 aromatic heterocycles. The number of fused-ring (bicyclic) bond motifs is 1. The molecule has 2 aromatic carbocycles. The summed E-state index contributed by atoms with van der Waals surface area (Å²) in [6.07, 6.45) is 4.97. The van der Waals surface area contributed by atoms with Crippen LogP contribution >= 0.6 is 0 Å². The summed E-state index contributed by atoms with van der Waals surface area (Å²) in [7, 11) is 3.24. The molecule has 0 saturated heterocycles. The van der Waals surface area contributed by atoms with E-state index in [1.807, 2.05) is 31.2 Å². The summed E-state index contributed by atoms with van der Waals surface area (Å²) in [4.78, 5) is 8.46. The van der Waals surface area contributed by atoms with Gasteiger partial charge in [-0.15, -0.1) is 0 Å². The van der Waals surface area contributed by atoms with E-state index in [0.717, 1.165) is 33.5 Å². The summed E-state index contributed by atoms with van der Waals surface area (Å²) in [6, 6.07) is 11.9. The molecule has 4 aromatic rings. The lowest BCUT2D eigenvalue weighted by molar-refractivity contribution is 0.356. The monoisotopic (exact) mass is 361 g/mol. The number of anilines is 2. The number of ether oxygens (including phenoxy) is 2. The zero-order valence-electron chi connectivity index (χ0n) is 15.3. The summed E-state index contributed by atoms with van der Waals surface area (Å²) in [5, 5.41) is 8.63. The Morgan fingerprint density at radius 2 is 1.81 bits per heavy atom. The van der Waals surface area contributed by atoms with Crippen LogP contribution in [0.1, 0.15) is 5.56 Å². The molecule has 136 valence electrons. The molecule has 7 heteroatoms. The van der Waals surface area contributed by atoms with E-state index in [2.05, 4.69) is 32.5 Å². The first-order valence-electron chi connectivity index (χ1n) is 8.42. The molecule has 0 radical (unpaired) electrons. The van der Waals surface area contributed by atoms with Gasteiger partial charge in [0.15, 0.2) is 11.5 Å². The minimum atomic E-state index is 0.652. The van der Waals surface area contributed by atoms with Gasteiger partial charge >= 0.3 is 0 Å². The van der Waals surface area contributed by atoms with Gasteiger partial charge in [0.25, 0.3) is 0 Å². The van der Waals surface area contributed by atoms with Crippen LogP contribution in [0.25, 0.3) is 16.6 Å². The van der Waals surface area contributed by atoms with E-state index in [-0.39, 0.29) is 0 Å². The van der Waals surface area contributed by atoms with Gasteiger partial charge in [-0.05, 0) is 42.8 Å². The van der Waals surface area contributed by atoms with E-state index in [1.165, 1.54) is 6.33 Å². The molecule has 0 unspecified atom stereocenters. The van der Waals surface area contributed by atoms with E-state index >= 15 is 0 Å². The van der Waals surface area contributed by atoms with Crippen LogP contribution < -0.4 is 14.8 Å². The van der Waals surface area contributed by atoms with Crippen molar-refractivity contribution in [1.82, 2.24) is 19.7 Å². The smallest absolute Gasteiger partial charge is 0.162 e. The van der Waals surface area contributed by atoms with Crippen LogP contribution in [0.15, 0.2) is 55.2 Å². The standard InChI is InChI=1S/C20H19N5O2/c1-13-6-14(8-15(7-13)25-12-21-11-23-25)24-17-4-5-22-18-10-20(27-3)19(26-2)9-16(17)18/h4-12H,1-3H3,(H,22,24). The molecular weight excluding hydrogens is 342 g/mol. The Morgan fingerprint density at radius 3 is 2.56 bits per heavy atom. The minimum Gasteiger partial charge on any atom is -0.493 e. The van der Waals surface area contributed by atoms with Crippen LogP contribution in [0.4, 0.5) is 11.4 Å². The van der Waals surface area contributed by atoms with Gasteiger partial charge in [-0.1, -0.05) is 0 Å². The van der Waals surface area contributed by atoms with E-state index in [4.69, 9.17) is 9.47 Å². The number of hydrogen-bond acceptors (Lipinski definition) is 6. The van der Waals surface area contributed by atoms with Gasteiger partial charge in [0.2, 0.25) is 0 Å². The summed E-state index contributed by atoms with van der Waals surface area (Å²) in [5.41, 5.74) is 4.75. The maximum atomic E-state index is 5.44. The molecule has 0 saturated carbocycles. The van der Waals surface area contributed by atoms with Crippen molar-refractivity contribution in [2.75, 3.05) is 19.5 Å². The van der Waals surface area contributed by atoms with Crippen LogP contribution in [-0.2, 0) is 0 Å². The lowest BCUT2D eigenvalue weighted by Crippen LogP contribution is -1.99. The molecule has 0 aliphatic heterocycles. The average Bonchev–Trinajstić information content (AvgIpc) is 3.21. The van der Waals surface area contributed by atoms with Gasteiger partial charge in [0, 0.05) is 29.0 Å². The maximum Gasteiger partial charge on any atom is 0.162 e. The summed E-state index contributed by atoms with van der Waals surface area (Å²) >= 11 is 0. The largest absolute Gasteiger partial charge is 0.493 e. The van der Waals surface area contributed by atoms with E-state index < -0.39 is 0 Å². The first-order valence-corrected chi connectivity index (χ1v) is 8.42. The predicted octanol–water partition coefficient (Wildman–Crippen LogP) is 3.88. The van der Waals surface area contributed by atoms with Gasteiger partial charge in [-0.2, -0.15) is 5.10 Å². The van der Waals surface area contributed by atoms with Crippen LogP contribution in [-0.4, -0.2) is 34.0 Å². The van der Waals surface area contributed by atoms with Crippen molar-refractivity contribution in [1.29, 1.82) is 0 Å². The molecule has 0 atom stereocenters. The molecule has 2 heterocycles. The molecule has 0 bridgehead atoms. The van der Waals surface area contributed by atoms with Crippen LogP contribution in [0.5, 0.6) is 11.5 Å². The van der Waals surface area contributed by atoms with Crippen molar-refractivity contribution >= 4 is 22.3 Å². The Bertz CT molecular complexity index is 1090. The van der Waals surface area contributed by atoms with Gasteiger partial charge in [-0.3, -0.25) is 4.98 Å². The third kappa shape index (κ3) is 3.27. The number of nitrogens with zero attached hydrogens (tertiary/aromatic N) is 4. The quantitative estimate of drug-likeness (QED) is 0.581. The first-order chi connectivity index (χ1) is 13.2. The molecule has 0 aliphatic rings. The second kappa shape index (κ2) is 6.95. The number of methoxy groups -OCH3 is 2. The van der Waals surface area contributed by atoms with Crippen molar-refractivity contribution in [3.63, 3.8) is 0 Å². The summed E-state index contributed by atoms with van der Waals surface area (Å²) in [6.45, 7) is 2.05. The third-order valence-electron chi connectivity index (χ3n) is 4.27. The Labute approximate surface area is 156 Å². The number of hydrogen-bond donors (Lipinski definition) is 1. The zero-order valence-corrected chi connectivity index (χ0v) is 15.3. The highest BCUT2D eigenvalue weighted by atomic mass is 16.5. The van der Waals surface area contributed by atoms with Gasteiger partial charge in [0.1, 0.15) is 12.7 Å². The molecule has 0 amide bonds. The highest BCUT2D eigenvalue weighted by molar-refractivity contribution is 5.95. The Kier molecular flexibility index (Phi) is 4.33. The number of pyridine rings is 1. The SMILES string of the molecule is COc1cc2nccc(Nc3cc(C)cc(-n4cncn4)c3)c2cc1OC.